The monoisotopic (exact) mass is 177 g/mol. The van der Waals surface area contributed by atoms with Gasteiger partial charge in [0.05, 0.1) is 0 Å². The SMILES string of the molecule is CCCNCc1ccc(C=O)cc1. The lowest BCUT2D eigenvalue weighted by Gasteiger charge is -2.02. The summed E-state index contributed by atoms with van der Waals surface area (Å²) >= 11 is 0. The van der Waals surface area contributed by atoms with E-state index >= 15 is 0 Å². The summed E-state index contributed by atoms with van der Waals surface area (Å²) in [5.41, 5.74) is 1.96. The topological polar surface area (TPSA) is 29.1 Å². The van der Waals surface area contributed by atoms with E-state index in [1.165, 1.54) is 5.56 Å². The zero-order chi connectivity index (χ0) is 9.52. The molecule has 0 atom stereocenters. The van der Waals surface area contributed by atoms with E-state index in [0.717, 1.165) is 31.4 Å². The number of carbonyl (C=O) groups excluding carboxylic acids is 1. The van der Waals surface area contributed by atoms with Crippen LogP contribution in [0.25, 0.3) is 0 Å². The van der Waals surface area contributed by atoms with Crippen molar-refractivity contribution in [3.05, 3.63) is 35.4 Å². The van der Waals surface area contributed by atoms with Crippen LogP contribution in [-0.2, 0) is 6.54 Å². The highest BCUT2D eigenvalue weighted by molar-refractivity contribution is 5.74. The number of nitrogens with one attached hydrogen (secondary N) is 1. The molecular weight excluding hydrogens is 162 g/mol. The summed E-state index contributed by atoms with van der Waals surface area (Å²) in [6.45, 7) is 4.06. The van der Waals surface area contributed by atoms with E-state index in [4.69, 9.17) is 0 Å². The third kappa shape index (κ3) is 3.38. The molecule has 0 fully saturated rings. The van der Waals surface area contributed by atoms with Gasteiger partial charge in [-0.2, -0.15) is 0 Å². The van der Waals surface area contributed by atoms with Gasteiger partial charge in [-0.1, -0.05) is 31.2 Å². The number of hydrogen-bond acceptors (Lipinski definition) is 2. The summed E-state index contributed by atoms with van der Waals surface area (Å²) in [7, 11) is 0. The lowest BCUT2D eigenvalue weighted by molar-refractivity contribution is 0.112. The van der Waals surface area contributed by atoms with Crippen molar-refractivity contribution in [1.29, 1.82) is 0 Å². The average molecular weight is 177 g/mol. The Hall–Kier alpha value is -1.15. The Morgan fingerprint density at radius 1 is 1.31 bits per heavy atom. The van der Waals surface area contributed by atoms with Gasteiger partial charge in [0.2, 0.25) is 0 Å². The van der Waals surface area contributed by atoms with E-state index in [2.05, 4.69) is 12.2 Å². The van der Waals surface area contributed by atoms with Crippen molar-refractivity contribution in [1.82, 2.24) is 5.32 Å². The first-order valence-corrected chi connectivity index (χ1v) is 4.61. The van der Waals surface area contributed by atoms with Gasteiger partial charge in [-0.25, -0.2) is 0 Å². The van der Waals surface area contributed by atoms with Gasteiger partial charge >= 0.3 is 0 Å². The second-order valence-electron chi connectivity index (χ2n) is 3.04. The molecule has 13 heavy (non-hydrogen) atoms. The Morgan fingerprint density at radius 3 is 2.54 bits per heavy atom. The van der Waals surface area contributed by atoms with Crippen LogP contribution in [0.4, 0.5) is 0 Å². The van der Waals surface area contributed by atoms with Gasteiger partial charge in [-0.3, -0.25) is 4.79 Å². The summed E-state index contributed by atoms with van der Waals surface area (Å²) < 4.78 is 0. The quantitative estimate of drug-likeness (QED) is 0.550. The zero-order valence-corrected chi connectivity index (χ0v) is 7.92. The van der Waals surface area contributed by atoms with Gasteiger partial charge < -0.3 is 5.32 Å². The number of hydrogen-bond donors (Lipinski definition) is 1. The van der Waals surface area contributed by atoms with Crippen LogP contribution in [0.5, 0.6) is 0 Å². The number of carbonyl (C=O) groups is 1. The third-order valence-electron chi connectivity index (χ3n) is 1.87. The van der Waals surface area contributed by atoms with Gasteiger partial charge in [-0.15, -0.1) is 0 Å². The van der Waals surface area contributed by atoms with Gasteiger partial charge in [-0.05, 0) is 18.5 Å². The van der Waals surface area contributed by atoms with Gasteiger partial charge in [0.15, 0.2) is 0 Å². The highest BCUT2D eigenvalue weighted by atomic mass is 16.1. The van der Waals surface area contributed by atoms with Gasteiger partial charge in [0, 0.05) is 12.1 Å². The molecule has 0 spiro atoms. The Morgan fingerprint density at radius 2 is 2.00 bits per heavy atom. The molecule has 0 saturated heterocycles. The molecule has 0 aromatic heterocycles. The second kappa shape index (κ2) is 5.49. The van der Waals surface area contributed by atoms with Crippen molar-refractivity contribution in [2.75, 3.05) is 6.54 Å². The molecule has 0 saturated carbocycles. The Bertz CT molecular complexity index is 253. The van der Waals surface area contributed by atoms with Crippen LogP contribution in [0, 0.1) is 0 Å². The summed E-state index contributed by atoms with van der Waals surface area (Å²) in [5, 5.41) is 3.30. The molecule has 2 heteroatoms. The molecule has 1 rings (SSSR count). The molecule has 1 aromatic carbocycles. The van der Waals surface area contributed by atoms with Gasteiger partial charge in [0.25, 0.3) is 0 Å². The molecule has 0 amide bonds. The fraction of sp³-hybridized carbons (Fsp3) is 0.364. The fourth-order valence-electron chi connectivity index (χ4n) is 1.12. The smallest absolute Gasteiger partial charge is 0.150 e. The van der Waals surface area contributed by atoms with Crippen molar-refractivity contribution in [2.24, 2.45) is 0 Å². The van der Waals surface area contributed by atoms with Crippen LogP contribution in [0.1, 0.15) is 29.3 Å². The van der Waals surface area contributed by atoms with E-state index in [0.29, 0.717) is 0 Å². The molecule has 2 nitrogen and oxygen atoms in total. The second-order valence-corrected chi connectivity index (χ2v) is 3.04. The summed E-state index contributed by atoms with van der Waals surface area (Å²) in [6.07, 6.45) is 2.01. The molecule has 1 aromatic rings. The minimum atomic E-state index is 0.735. The van der Waals surface area contributed by atoms with Gasteiger partial charge in [0.1, 0.15) is 6.29 Å². The third-order valence-corrected chi connectivity index (χ3v) is 1.87. The van der Waals surface area contributed by atoms with E-state index in [1.54, 1.807) is 0 Å². The first-order chi connectivity index (χ1) is 6.36. The van der Waals surface area contributed by atoms with Crippen LogP contribution in [0.15, 0.2) is 24.3 Å². The minimum Gasteiger partial charge on any atom is -0.313 e. The highest BCUT2D eigenvalue weighted by Gasteiger charge is 1.92. The maximum absolute atomic E-state index is 10.4. The normalized spacial score (nSPS) is 9.92. The summed E-state index contributed by atoms with van der Waals surface area (Å²) in [5.74, 6) is 0. The lowest BCUT2D eigenvalue weighted by atomic mass is 10.1. The van der Waals surface area contributed by atoms with E-state index in [-0.39, 0.29) is 0 Å². The predicted octanol–water partition coefficient (Wildman–Crippen LogP) is 2.00. The van der Waals surface area contributed by atoms with Crippen molar-refractivity contribution in [3.8, 4) is 0 Å². The lowest BCUT2D eigenvalue weighted by Crippen LogP contribution is -2.13. The molecule has 0 heterocycles. The van der Waals surface area contributed by atoms with Crippen molar-refractivity contribution in [2.45, 2.75) is 19.9 Å². The minimum absolute atomic E-state index is 0.735. The molecule has 0 aliphatic rings. The Balaban J connectivity index is 2.44. The predicted molar refractivity (Wildman–Crippen MR) is 53.8 cm³/mol. The summed E-state index contributed by atoms with van der Waals surface area (Å²) in [6, 6.07) is 7.64. The molecule has 0 radical (unpaired) electrons. The molecule has 1 N–H and O–H groups in total. The van der Waals surface area contributed by atoms with Crippen molar-refractivity contribution >= 4 is 6.29 Å². The van der Waals surface area contributed by atoms with Crippen LogP contribution in [-0.4, -0.2) is 12.8 Å². The number of rotatable bonds is 5. The van der Waals surface area contributed by atoms with Crippen molar-refractivity contribution < 1.29 is 4.79 Å². The Kier molecular flexibility index (Phi) is 4.19. The number of benzene rings is 1. The largest absolute Gasteiger partial charge is 0.313 e. The first-order valence-electron chi connectivity index (χ1n) is 4.61. The molecule has 0 aliphatic carbocycles. The summed E-state index contributed by atoms with van der Waals surface area (Å²) in [4.78, 5) is 10.4. The van der Waals surface area contributed by atoms with Crippen LogP contribution in [0.2, 0.25) is 0 Å². The van der Waals surface area contributed by atoms with E-state index < -0.39 is 0 Å². The fourth-order valence-corrected chi connectivity index (χ4v) is 1.12. The average Bonchev–Trinajstić information content (AvgIpc) is 2.19. The Labute approximate surface area is 79.0 Å². The molecule has 70 valence electrons. The maximum Gasteiger partial charge on any atom is 0.150 e. The number of aldehydes is 1. The van der Waals surface area contributed by atoms with Crippen LogP contribution >= 0.6 is 0 Å². The molecule has 0 unspecified atom stereocenters. The van der Waals surface area contributed by atoms with Crippen LogP contribution < -0.4 is 5.32 Å². The van der Waals surface area contributed by atoms with Crippen LogP contribution in [0.3, 0.4) is 0 Å². The molecule has 0 bridgehead atoms. The zero-order valence-electron chi connectivity index (χ0n) is 7.92. The van der Waals surface area contributed by atoms with E-state index in [9.17, 15) is 4.79 Å². The standard InChI is InChI=1S/C11H15NO/c1-2-7-12-8-10-3-5-11(9-13)6-4-10/h3-6,9,12H,2,7-8H2,1H3. The molecular formula is C11H15NO. The highest BCUT2D eigenvalue weighted by Crippen LogP contribution is 2.01. The van der Waals surface area contributed by atoms with E-state index in [1.807, 2.05) is 24.3 Å². The first kappa shape index (κ1) is 9.93. The van der Waals surface area contributed by atoms with Crippen molar-refractivity contribution in [3.63, 3.8) is 0 Å². The maximum atomic E-state index is 10.4. The molecule has 0 aliphatic heterocycles.